The molecule has 0 spiro atoms. The summed E-state index contributed by atoms with van der Waals surface area (Å²) < 4.78 is 0. The summed E-state index contributed by atoms with van der Waals surface area (Å²) in [7, 11) is 0. The molecule has 0 rings (SSSR count). The number of thioether (sulfide) groups is 1. The maximum Gasteiger partial charge on any atom is 0.239 e. The molecular weight excluding hydrogens is 262 g/mol. The molecule has 0 aromatic carbocycles. The molecule has 0 fully saturated rings. The highest BCUT2D eigenvalue weighted by atomic mass is 32.2. The minimum Gasteiger partial charge on any atom is -0.387 e. The van der Waals surface area contributed by atoms with Gasteiger partial charge in [-0.1, -0.05) is 27.4 Å². The van der Waals surface area contributed by atoms with Crippen LogP contribution in [0.15, 0.2) is 12.3 Å². The molecule has 110 valence electrons. The van der Waals surface area contributed by atoms with E-state index in [1.165, 1.54) is 11.8 Å². The average Bonchev–Trinajstić information content (AvgIpc) is 2.30. The van der Waals surface area contributed by atoms with E-state index in [-0.39, 0.29) is 23.8 Å². The van der Waals surface area contributed by atoms with Gasteiger partial charge in [0.25, 0.3) is 0 Å². The quantitative estimate of drug-likeness (QED) is 0.615. The lowest BCUT2D eigenvalue weighted by molar-refractivity contribution is -0.124. The number of carbonyl (C=O) groups is 2. The Morgan fingerprint density at radius 1 is 1.05 bits per heavy atom. The van der Waals surface area contributed by atoms with Crippen LogP contribution in [0.3, 0.4) is 0 Å². The molecular formula is C13H25N3O2S. The van der Waals surface area contributed by atoms with Crippen LogP contribution in [0.2, 0.25) is 0 Å². The summed E-state index contributed by atoms with van der Waals surface area (Å²) in [6, 6.07) is 0. The van der Waals surface area contributed by atoms with Crippen molar-refractivity contribution < 1.29 is 9.59 Å². The zero-order valence-electron chi connectivity index (χ0n) is 12.3. The summed E-state index contributed by atoms with van der Waals surface area (Å²) in [4.78, 5) is 22.6. The van der Waals surface area contributed by atoms with Crippen molar-refractivity contribution in [3.63, 3.8) is 0 Å². The summed E-state index contributed by atoms with van der Waals surface area (Å²) in [6.07, 6.45) is 1.84. The molecule has 0 bridgehead atoms. The molecule has 0 aromatic heterocycles. The molecule has 0 saturated heterocycles. The third kappa shape index (κ3) is 11.6. The first-order chi connectivity index (χ1) is 8.74. The van der Waals surface area contributed by atoms with Crippen molar-refractivity contribution in [3.8, 4) is 0 Å². The highest BCUT2D eigenvalue weighted by Crippen LogP contribution is 2.10. The second-order valence-electron chi connectivity index (χ2n) is 5.50. The largest absolute Gasteiger partial charge is 0.387 e. The van der Waals surface area contributed by atoms with E-state index in [1.807, 2.05) is 6.26 Å². The van der Waals surface area contributed by atoms with Gasteiger partial charge in [0, 0.05) is 12.2 Å². The monoisotopic (exact) mass is 287 g/mol. The Balaban J connectivity index is 3.73. The van der Waals surface area contributed by atoms with Gasteiger partial charge >= 0.3 is 0 Å². The van der Waals surface area contributed by atoms with Gasteiger partial charge < -0.3 is 16.0 Å². The van der Waals surface area contributed by atoms with Crippen LogP contribution in [0.4, 0.5) is 0 Å². The van der Waals surface area contributed by atoms with Gasteiger partial charge in [0.1, 0.15) is 0 Å². The van der Waals surface area contributed by atoms with Crippen molar-refractivity contribution in [3.05, 3.63) is 12.3 Å². The summed E-state index contributed by atoms with van der Waals surface area (Å²) in [5.74, 6) is 0.0214. The van der Waals surface area contributed by atoms with Crippen LogP contribution >= 0.6 is 11.8 Å². The molecule has 0 aliphatic heterocycles. The number of nitrogens with one attached hydrogen (secondary N) is 3. The SMILES string of the molecule is C=C(CNC(=O)CNC(=O)CSC)NCC(C)(C)C. The molecule has 0 aliphatic rings. The Morgan fingerprint density at radius 2 is 1.63 bits per heavy atom. The molecule has 19 heavy (non-hydrogen) atoms. The van der Waals surface area contributed by atoms with Crippen molar-refractivity contribution in [2.45, 2.75) is 20.8 Å². The topological polar surface area (TPSA) is 70.2 Å². The summed E-state index contributed by atoms with van der Waals surface area (Å²) in [6.45, 7) is 11.4. The van der Waals surface area contributed by atoms with Crippen LogP contribution in [-0.4, -0.2) is 43.5 Å². The lowest BCUT2D eigenvalue weighted by Gasteiger charge is -2.20. The van der Waals surface area contributed by atoms with Crippen LogP contribution in [0, 0.1) is 5.41 Å². The van der Waals surface area contributed by atoms with Crippen LogP contribution < -0.4 is 16.0 Å². The maximum absolute atomic E-state index is 11.5. The van der Waals surface area contributed by atoms with Crippen molar-refractivity contribution in [1.82, 2.24) is 16.0 Å². The van der Waals surface area contributed by atoms with Gasteiger partial charge in [-0.15, -0.1) is 0 Å². The fourth-order valence-corrected chi connectivity index (χ4v) is 1.45. The summed E-state index contributed by atoms with van der Waals surface area (Å²) in [5.41, 5.74) is 0.928. The third-order valence-electron chi connectivity index (χ3n) is 2.09. The standard InChI is InChI=1S/C13H25N3O2S/c1-10(16-9-13(2,3)4)6-14-11(17)7-15-12(18)8-19-5/h16H,1,6-9H2,2-5H3,(H,14,17)(H,15,18). The minimum absolute atomic E-state index is 0.00590. The maximum atomic E-state index is 11.5. The fraction of sp³-hybridized carbons (Fsp3) is 0.692. The Bertz CT molecular complexity index is 324. The van der Waals surface area contributed by atoms with Crippen LogP contribution in [0.1, 0.15) is 20.8 Å². The van der Waals surface area contributed by atoms with E-state index < -0.39 is 0 Å². The highest BCUT2D eigenvalue weighted by molar-refractivity contribution is 7.99. The van der Waals surface area contributed by atoms with E-state index >= 15 is 0 Å². The van der Waals surface area contributed by atoms with E-state index in [1.54, 1.807) is 0 Å². The van der Waals surface area contributed by atoms with Crippen molar-refractivity contribution in [2.75, 3.05) is 31.6 Å². The first kappa shape index (κ1) is 17.8. The molecule has 0 aromatic rings. The molecule has 0 saturated carbocycles. The normalized spacial score (nSPS) is 10.7. The molecule has 2 amide bonds. The van der Waals surface area contributed by atoms with Crippen molar-refractivity contribution >= 4 is 23.6 Å². The minimum atomic E-state index is -0.215. The Kier molecular flexibility index (Phi) is 8.30. The van der Waals surface area contributed by atoms with Crippen LogP contribution in [-0.2, 0) is 9.59 Å². The van der Waals surface area contributed by atoms with Crippen LogP contribution in [0.5, 0.6) is 0 Å². The van der Waals surface area contributed by atoms with Gasteiger partial charge in [0.05, 0.1) is 18.8 Å². The first-order valence-corrected chi connectivity index (χ1v) is 7.58. The van der Waals surface area contributed by atoms with Gasteiger partial charge in [-0.2, -0.15) is 11.8 Å². The van der Waals surface area contributed by atoms with Crippen molar-refractivity contribution in [1.29, 1.82) is 0 Å². The average molecular weight is 287 g/mol. The molecule has 0 heterocycles. The summed E-state index contributed by atoms with van der Waals surface area (Å²) >= 11 is 1.42. The Morgan fingerprint density at radius 3 is 2.16 bits per heavy atom. The van der Waals surface area contributed by atoms with Crippen molar-refractivity contribution in [2.24, 2.45) is 5.41 Å². The number of rotatable bonds is 8. The van der Waals surface area contributed by atoms with Gasteiger partial charge in [0.15, 0.2) is 0 Å². The first-order valence-electron chi connectivity index (χ1n) is 6.18. The number of hydrogen-bond donors (Lipinski definition) is 3. The molecule has 0 aliphatic carbocycles. The van der Waals surface area contributed by atoms with E-state index in [9.17, 15) is 9.59 Å². The second kappa shape index (κ2) is 8.85. The van der Waals surface area contributed by atoms with Gasteiger partial charge in [-0.05, 0) is 11.7 Å². The number of carbonyl (C=O) groups excluding carboxylic acids is 2. The van der Waals surface area contributed by atoms with Gasteiger partial charge in [-0.3, -0.25) is 9.59 Å². The van der Waals surface area contributed by atoms with E-state index in [2.05, 4.69) is 43.3 Å². The van der Waals surface area contributed by atoms with Crippen LogP contribution in [0.25, 0.3) is 0 Å². The zero-order valence-corrected chi connectivity index (χ0v) is 13.1. The lowest BCUT2D eigenvalue weighted by Crippen LogP contribution is -2.40. The number of hydrogen-bond acceptors (Lipinski definition) is 4. The Hall–Kier alpha value is -1.17. The predicted octanol–water partition coefficient (Wildman–Crippen LogP) is 0.731. The summed E-state index contributed by atoms with van der Waals surface area (Å²) in [5, 5.41) is 8.40. The second-order valence-corrected chi connectivity index (χ2v) is 6.37. The molecule has 0 radical (unpaired) electrons. The smallest absolute Gasteiger partial charge is 0.239 e. The highest BCUT2D eigenvalue weighted by Gasteiger charge is 2.10. The fourth-order valence-electron chi connectivity index (χ4n) is 1.08. The molecule has 5 nitrogen and oxygen atoms in total. The molecule has 0 atom stereocenters. The van der Waals surface area contributed by atoms with E-state index in [0.717, 1.165) is 12.2 Å². The van der Waals surface area contributed by atoms with Gasteiger partial charge in [-0.25, -0.2) is 0 Å². The van der Waals surface area contributed by atoms with Gasteiger partial charge in [0.2, 0.25) is 11.8 Å². The third-order valence-corrected chi connectivity index (χ3v) is 2.64. The number of amides is 2. The molecule has 6 heteroatoms. The zero-order chi connectivity index (χ0) is 14.9. The predicted molar refractivity (Wildman–Crippen MR) is 81.0 cm³/mol. The van der Waals surface area contributed by atoms with E-state index in [4.69, 9.17) is 0 Å². The molecule has 0 unspecified atom stereocenters. The molecule has 3 N–H and O–H groups in total. The Labute approximate surface area is 120 Å². The van der Waals surface area contributed by atoms with E-state index in [0.29, 0.717) is 12.3 Å². The lowest BCUT2D eigenvalue weighted by atomic mass is 9.97.